The largest absolute Gasteiger partial charge is 0.409 e. The van der Waals surface area contributed by atoms with Crippen LogP contribution in [0.3, 0.4) is 0 Å². The molecule has 1 saturated heterocycles. The van der Waals surface area contributed by atoms with Gasteiger partial charge in [0.2, 0.25) is 0 Å². The molecule has 3 N–H and O–H groups in total. The quantitative estimate of drug-likeness (QED) is 0.318. The summed E-state index contributed by atoms with van der Waals surface area (Å²) < 4.78 is 0. The fraction of sp³-hybridized carbons (Fsp3) is 0.923. The lowest BCUT2D eigenvalue weighted by atomic mass is 10.0. The van der Waals surface area contributed by atoms with Crippen LogP contribution in [0.2, 0.25) is 0 Å². The zero-order chi connectivity index (χ0) is 13.2. The van der Waals surface area contributed by atoms with E-state index in [1.54, 1.807) is 0 Å². The van der Waals surface area contributed by atoms with Gasteiger partial charge >= 0.3 is 0 Å². The van der Waals surface area contributed by atoms with Gasteiger partial charge in [0.15, 0.2) is 0 Å². The maximum Gasteiger partial charge on any atom is 0.139 e. The van der Waals surface area contributed by atoms with Crippen LogP contribution in [0.25, 0.3) is 0 Å². The van der Waals surface area contributed by atoms with Crippen LogP contribution in [0.1, 0.15) is 25.7 Å². The molecule has 0 radical (unpaired) electrons. The van der Waals surface area contributed by atoms with Crippen LogP contribution in [0.5, 0.6) is 0 Å². The van der Waals surface area contributed by atoms with Crippen molar-refractivity contribution in [1.29, 1.82) is 0 Å². The van der Waals surface area contributed by atoms with Gasteiger partial charge in [-0.2, -0.15) is 0 Å². The summed E-state index contributed by atoms with van der Waals surface area (Å²) in [4.78, 5) is 4.84. The second-order valence-corrected chi connectivity index (χ2v) is 6.38. The Hall–Kier alpha value is -0.810. The summed E-state index contributed by atoms with van der Waals surface area (Å²) >= 11 is 0. The molecule has 1 atom stereocenters. The highest BCUT2D eigenvalue weighted by Gasteiger charge is 2.44. The van der Waals surface area contributed by atoms with Gasteiger partial charge in [0, 0.05) is 26.1 Å². The van der Waals surface area contributed by atoms with Gasteiger partial charge in [0.05, 0.1) is 0 Å². The molecule has 5 nitrogen and oxygen atoms in total. The number of oxime groups is 1. The molecule has 1 saturated carbocycles. The van der Waals surface area contributed by atoms with E-state index in [1.807, 2.05) is 0 Å². The Labute approximate surface area is 110 Å². The Bertz CT molecular complexity index is 314. The Morgan fingerprint density at radius 3 is 2.78 bits per heavy atom. The van der Waals surface area contributed by atoms with Gasteiger partial charge in [-0.15, -0.1) is 0 Å². The van der Waals surface area contributed by atoms with Gasteiger partial charge in [-0.05, 0) is 51.2 Å². The van der Waals surface area contributed by atoms with E-state index >= 15 is 0 Å². The minimum Gasteiger partial charge on any atom is -0.409 e. The van der Waals surface area contributed by atoms with E-state index in [1.165, 1.54) is 38.9 Å². The van der Waals surface area contributed by atoms with E-state index in [4.69, 9.17) is 10.9 Å². The standard InChI is InChI=1S/C13H26N4O/c1-16-6-3-11(8-16)9-17(2)10-13(4-5-13)7-12(14)15-18/h11,18H,3-10H2,1-2H3,(H2,14,15). The molecule has 1 heterocycles. The second-order valence-electron chi connectivity index (χ2n) is 6.38. The lowest BCUT2D eigenvalue weighted by Gasteiger charge is -2.25. The first kappa shape index (κ1) is 13.6. The summed E-state index contributed by atoms with van der Waals surface area (Å²) in [6.07, 6.45) is 4.46. The molecule has 0 aromatic carbocycles. The lowest BCUT2D eigenvalue weighted by molar-refractivity contribution is 0.227. The number of hydrogen-bond acceptors (Lipinski definition) is 4. The molecule has 0 spiro atoms. The van der Waals surface area contributed by atoms with Crippen LogP contribution in [0.4, 0.5) is 0 Å². The molecule has 0 bridgehead atoms. The number of hydrogen-bond donors (Lipinski definition) is 2. The van der Waals surface area contributed by atoms with E-state index < -0.39 is 0 Å². The molecule has 1 aliphatic carbocycles. The van der Waals surface area contributed by atoms with Gasteiger partial charge < -0.3 is 20.7 Å². The van der Waals surface area contributed by atoms with Crippen LogP contribution in [-0.2, 0) is 0 Å². The zero-order valence-corrected chi connectivity index (χ0v) is 11.6. The summed E-state index contributed by atoms with van der Waals surface area (Å²) in [5.41, 5.74) is 5.92. The molecule has 2 fully saturated rings. The summed E-state index contributed by atoms with van der Waals surface area (Å²) in [7, 11) is 4.39. The van der Waals surface area contributed by atoms with Crippen molar-refractivity contribution < 1.29 is 5.21 Å². The first-order valence-corrected chi connectivity index (χ1v) is 6.86. The first-order chi connectivity index (χ1) is 8.53. The zero-order valence-electron chi connectivity index (χ0n) is 11.6. The van der Waals surface area contributed by atoms with Crippen molar-refractivity contribution in [3.8, 4) is 0 Å². The maximum atomic E-state index is 8.66. The second kappa shape index (κ2) is 5.45. The van der Waals surface area contributed by atoms with E-state index in [9.17, 15) is 0 Å². The molecule has 1 aliphatic heterocycles. The van der Waals surface area contributed by atoms with E-state index in [0.717, 1.165) is 18.9 Å². The maximum absolute atomic E-state index is 8.66. The summed E-state index contributed by atoms with van der Waals surface area (Å²) in [6, 6.07) is 0. The molecular weight excluding hydrogens is 228 g/mol. The molecule has 0 amide bonds. The Morgan fingerprint density at radius 1 is 1.56 bits per heavy atom. The fourth-order valence-electron chi connectivity index (χ4n) is 3.24. The smallest absolute Gasteiger partial charge is 0.139 e. The highest BCUT2D eigenvalue weighted by Crippen LogP contribution is 2.49. The molecule has 18 heavy (non-hydrogen) atoms. The summed E-state index contributed by atoms with van der Waals surface area (Å²) in [5.74, 6) is 1.18. The SMILES string of the molecule is CN1CCC(CN(C)CC2(CC(N)=NO)CC2)C1. The third-order valence-corrected chi connectivity index (χ3v) is 4.31. The van der Waals surface area contributed by atoms with Crippen LogP contribution in [0.15, 0.2) is 5.16 Å². The predicted octanol–water partition coefficient (Wildman–Crippen LogP) is 0.787. The average molecular weight is 254 g/mol. The Balaban J connectivity index is 1.75. The van der Waals surface area contributed by atoms with Crippen LogP contribution < -0.4 is 5.73 Å². The number of amidine groups is 1. The van der Waals surface area contributed by atoms with Crippen LogP contribution in [0, 0.1) is 11.3 Å². The molecule has 104 valence electrons. The fourth-order valence-corrected chi connectivity index (χ4v) is 3.24. The molecule has 2 rings (SSSR count). The normalized spacial score (nSPS) is 27.9. The van der Waals surface area contributed by atoms with Crippen molar-refractivity contribution in [3.05, 3.63) is 0 Å². The summed E-state index contributed by atoms with van der Waals surface area (Å²) in [6.45, 7) is 4.69. The Kier molecular flexibility index (Phi) is 4.12. The Morgan fingerprint density at radius 2 is 2.28 bits per heavy atom. The topological polar surface area (TPSA) is 65.1 Å². The third kappa shape index (κ3) is 3.59. The number of nitrogens with two attached hydrogens (primary N) is 1. The van der Waals surface area contributed by atoms with Crippen molar-refractivity contribution in [2.24, 2.45) is 22.2 Å². The number of rotatable bonds is 6. The monoisotopic (exact) mass is 254 g/mol. The molecule has 0 aromatic rings. The highest BCUT2D eigenvalue weighted by molar-refractivity contribution is 5.80. The van der Waals surface area contributed by atoms with Crippen molar-refractivity contribution in [1.82, 2.24) is 9.80 Å². The minimum atomic E-state index is 0.287. The van der Waals surface area contributed by atoms with Gasteiger partial charge in [-0.3, -0.25) is 0 Å². The number of nitrogens with zero attached hydrogens (tertiary/aromatic N) is 3. The van der Waals surface area contributed by atoms with E-state index in [0.29, 0.717) is 5.84 Å². The van der Waals surface area contributed by atoms with E-state index in [2.05, 4.69) is 29.1 Å². The van der Waals surface area contributed by atoms with Gasteiger partial charge in [-0.25, -0.2) is 0 Å². The molecule has 2 aliphatic rings. The molecule has 5 heteroatoms. The van der Waals surface area contributed by atoms with Crippen molar-refractivity contribution in [2.45, 2.75) is 25.7 Å². The van der Waals surface area contributed by atoms with Crippen LogP contribution in [-0.4, -0.2) is 61.1 Å². The minimum absolute atomic E-state index is 0.287. The first-order valence-electron chi connectivity index (χ1n) is 6.86. The van der Waals surface area contributed by atoms with Crippen molar-refractivity contribution in [2.75, 3.05) is 40.3 Å². The third-order valence-electron chi connectivity index (χ3n) is 4.31. The van der Waals surface area contributed by atoms with E-state index in [-0.39, 0.29) is 5.41 Å². The molecule has 1 unspecified atom stereocenters. The highest BCUT2D eigenvalue weighted by atomic mass is 16.4. The van der Waals surface area contributed by atoms with Crippen molar-refractivity contribution in [3.63, 3.8) is 0 Å². The lowest BCUT2D eigenvalue weighted by Crippen LogP contribution is -2.34. The van der Waals surface area contributed by atoms with Crippen molar-refractivity contribution >= 4 is 5.84 Å². The van der Waals surface area contributed by atoms with Crippen LogP contribution >= 0.6 is 0 Å². The average Bonchev–Trinajstić information content (AvgIpc) is 2.92. The van der Waals surface area contributed by atoms with Gasteiger partial charge in [0.1, 0.15) is 5.84 Å². The van der Waals surface area contributed by atoms with Gasteiger partial charge in [-0.1, -0.05) is 5.16 Å². The number of likely N-dealkylation sites (tertiary alicyclic amines) is 1. The van der Waals surface area contributed by atoms with Gasteiger partial charge in [0.25, 0.3) is 0 Å². The predicted molar refractivity (Wildman–Crippen MR) is 72.8 cm³/mol. The molecular formula is C13H26N4O. The molecule has 0 aromatic heterocycles. The summed E-state index contributed by atoms with van der Waals surface area (Å²) in [5, 5.41) is 11.8.